The molecule has 0 saturated carbocycles. The van der Waals surface area contributed by atoms with Crippen molar-refractivity contribution in [2.75, 3.05) is 5.32 Å². The summed E-state index contributed by atoms with van der Waals surface area (Å²) in [4.78, 5) is 23.9. The number of anilines is 1. The van der Waals surface area contributed by atoms with Gasteiger partial charge in [-0.2, -0.15) is 0 Å². The number of ether oxygens (including phenoxy) is 1. The van der Waals surface area contributed by atoms with E-state index < -0.39 is 30.0 Å². The second-order valence-corrected chi connectivity index (χ2v) is 5.58. The van der Waals surface area contributed by atoms with E-state index in [1.807, 2.05) is 32.0 Å². The van der Waals surface area contributed by atoms with E-state index in [-0.39, 0.29) is 5.91 Å². The van der Waals surface area contributed by atoms with Crippen molar-refractivity contribution < 1.29 is 19.4 Å². The SMILES string of the molecule is Cc1cccc(NC(=O)[C@H]2[C@@H](C(=O)O)[C@H]3C=C[C@H]2O3)c1C. The van der Waals surface area contributed by atoms with Crippen molar-refractivity contribution in [3.8, 4) is 0 Å². The Labute approximate surface area is 122 Å². The number of fused-ring (bicyclic) bond motifs is 2. The molecule has 1 aromatic rings. The molecule has 2 aliphatic heterocycles. The smallest absolute Gasteiger partial charge is 0.310 e. The van der Waals surface area contributed by atoms with E-state index in [4.69, 9.17) is 4.74 Å². The van der Waals surface area contributed by atoms with Gasteiger partial charge in [0.05, 0.1) is 18.1 Å². The molecule has 110 valence electrons. The van der Waals surface area contributed by atoms with Crippen molar-refractivity contribution in [1.82, 2.24) is 0 Å². The lowest BCUT2D eigenvalue weighted by Gasteiger charge is -2.21. The van der Waals surface area contributed by atoms with Gasteiger partial charge in [-0.15, -0.1) is 0 Å². The van der Waals surface area contributed by atoms with Gasteiger partial charge in [-0.3, -0.25) is 9.59 Å². The van der Waals surface area contributed by atoms with Crippen molar-refractivity contribution in [3.05, 3.63) is 41.5 Å². The summed E-state index contributed by atoms with van der Waals surface area (Å²) in [6.07, 6.45) is 2.56. The number of carbonyl (C=O) groups is 2. The van der Waals surface area contributed by atoms with Crippen LogP contribution in [-0.4, -0.2) is 29.2 Å². The molecule has 5 nitrogen and oxygen atoms in total. The van der Waals surface area contributed by atoms with Crippen LogP contribution in [0.5, 0.6) is 0 Å². The molecule has 2 aliphatic rings. The Hall–Kier alpha value is -2.14. The van der Waals surface area contributed by atoms with Crippen LogP contribution in [0, 0.1) is 25.7 Å². The molecule has 0 spiro atoms. The molecule has 0 aromatic heterocycles. The summed E-state index contributed by atoms with van der Waals surface area (Å²) in [5.41, 5.74) is 2.78. The first-order chi connectivity index (χ1) is 9.99. The van der Waals surface area contributed by atoms with E-state index in [1.54, 1.807) is 12.2 Å². The summed E-state index contributed by atoms with van der Waals surface area (Å²) in [7, 11) is 0. The van der Waals surface area contributed by atoms with Gasteiger partial charge in [-0.1, -0.05) is 24.3 Å². The van der Waals surface area contributed by atoms with Gasteiger partial charge in [-0.05, 0) is 31.0 Å². The van der Waals surface area contributed by atoms with Crippen LogP contribution in [-0.2, 0) is 14.3 Å². The summed E-state index contributed by atoms with van der Waals surface area (Å²) < 4.78 is 5.52. The Morgan fingerprint density at radius 1 is 1.14 bits per heavy atom. The highest BCUT2D eigenvalue weighted by Gasteiger charge is 2.53. The number of nitrogens with one attached hydrogen (secondary N) is 1. The summed E-state index contributed by atoms with van der Waals surface area (Å²) >= 11 is 0. The topological polar surface area (TPSA) is 75.6 Å². The Bertz CT molecular complexity index is 637. The van der Waals surface area contributed by atoms with Gasteiger partial charge >= 0.3 is 5.97 Å². The molecule has 4 atom stereocenters. The number of hydrogen-bond donors (Lipinski definition) is 2. The van der Waals surface area contributed by atoms with Gasteiger partial charge in [0, 0.05) is 5.69 Å². The summed E-state index contributed by atoms with van der Waals surface area (Å²) in [5, 5.41) is 12.2. The van der Waals surface area contributed by atoms with Gasteiger partial charge < -0.3 is 15.2 Å². The predicted molar refractivity (Wildman–Crippen MR) is 77.0 cm³/mol. The molecule has 0 aliphatic carbocycles. The number of amides is 1. The van der Waals surface area contributed by atoms with E-state index in [2.05, 4.69) is 5.32 Å². The van der Waals surface area contributed by atoms with Crippen LogP contribution in [0.1, 0.15) is 11.1 Å². The normalized spacial score (nSPS) is 29.6. The second-order valence-electron chi connectivity index (χ2n) is 5.58. The fourth-order valence-corrected chi connectivity index (χ4v) is 3.02. The Kier molecular flexibility index (Phi) is 3.29. The quantitative estimate of drug-likeness (QED) is 0.833. The number of hydrogen-bond acceptors (Lipinski definition) is 3. The maximum Gasteiger partial charge on any atom is 0.310 e. The highest BCUT2D eigenvalue weighted by Crippen LogP contribution is 2.40. The molecule has 2 N–H and O–H groups in total. The zero-order chi connectivity index (χ0) is 15.1. The van der Waals surface area contributed by atoms with Gasteiger partial charge in [-0.25, -0.2) is 0 Å². The first kappa shape index (κ1) is 13.8. The predicted octanol–water partition coefficient (Wildman–Crippen LogP) is 1.90. The minimum atomic E-state index is -0.993. The number of benzene rings is 1. The standard InChI is InChI=1S/C16H17NO4/c1-8-4-3-5-10(9(8)2)17-15(18)13-11-6-7-12(21-11)14(13)16(19)20/h3-7,11-14H,1-2H3,(H,17,18)(H,19,20)/t11-,12-,13-,14+/m1/s1. The van der Waals surface area contributed by atoms with E-state index in [0.29, 0.717) is 0 Å². The third-order valence-electron chi connectivity index (χ3n) is 4.35. The fourth-order valence-electron chi connectivity index (χ4n) is 3.02. The van der Waals surface area contributed by atoms with E-state index >= 15 is 0 Å². The largest absolute Gasteiger partial charge is 0.481 e. The Balaban J connectivity index is 1.84. The molecular formula is C16H17NO4. The highest BCUT2D eigenvalue weighted by molar-refractivity contribution is 5.97. The molecule has 1 aromatic carbocycles. The maximum absolute atomic E-state index is 12.5. The molecule has 21 heavy (non-hydrogen) atoms. The summed E-state index contributed by atoms with van der Waals surface area (Å²) in [5.74, 6) is -2.79. The third kappa shape index (κ3) is 2.23. The number of rotatable bonds is 3. The van der Waals surface area contributed by atoms with Crippen LogP contribution < -0.4 is 5.32 Å². The van der Waals surface area contributed by atoms with Crippen LogP contribution >= 0.6 is 0 Å². The number of carbonyl (C=O) groups excluding carboxylic acids is 1. The van der Waals surface area contributed by atoms with Crippen LogP contribution in [0.2, 0.25) is 0 Å². The summed E-state index contributed by atoms with van der Waals surface area (Å²) in [6, 6.07) is 5.65. The molecule has 5 heteroatoms. The number of carboxylic acid groups (broad SMARTS) is 1. The molecular weight excluding hydrogens is 270 g/mol. The minimum absolute atomic E-state index is 0.298. The van der Waals surface area contributed by atoms with E-state index in [9.17, 15) is 14.7 Å². The van der Waals surface area contributed by atoms with Gasteiger partial charge in [0.15, 0.2) is 0 Å². The number of carboxylic acids is 1. The molecule has 1 saturated heterocycles. The Morgan fingerprint density at radius 3 is 2.48 bits per heavy atom. The number of aryl methyl sites for hydroxylation is 1. The lowest BCUT2D eigenvalue weighted by molar-refractivity contribution is -0.145. The average molecular weight is 287 g/mol. The average Bonchev–Trinajstić information content (AvgIpc) is 3.04. The van der Waals surface area contributed by atoms with Gasteiger partial charge in [0.2, 0.25) is 5.91 Å². The van der Waals surface area contributed by atoms with Gasteiger partial charge in [0.25, 0.3) is 0 Å². The fraction of sp³-hybridized carbons (Fsp3) is 0.375. The zero-order valence-electron chi connectivity index (χ0n) is 11.9. The first-order valence-corrected chi connectivity index (χ1v) is 6.92. The molecule has 0 unspecified atom stereocenters. The zero-order valence-corrected chi connectivity index (χ0v) is 11.9. The van der Waals surface area contributed by atoms with Crippen LogP contribution in [0.4, 0.5) is 5.69 Å². The van der Waals surface area contributed by atoms with Crippen LogP contribution in [0.3, 0.4) is 0 Å². The van der Waals surface area contributed by atoms with Crippen LogP contribution in [0.25, 0.3) is 0 Å². The monoisotopic (exact) mass is 287 g/mol. The van der Waals surface area contributed by atoms with E-state index in [0.717, 1.165) is 16.8 Å². The minimum Gasteiger partial charge on any atom is -0.481 e. The van der Waals surface area contributed by atoms with Crippen molar-refractivity contribution in [2.24, 2.45) is 11.8 Å². The van der Waals surface area contributed by atoms with Crippen molar-refractivity contribution >= 4 is 17.6 Å². The van der Waals surface area contributed by atoms with E-state index in [1.165, 1.54) is 0 Å². The second kappa shape index (κ2) is 5.00. The lowest BCUT2D eigenvalue weighted by atomic mass is 9.82. The molecule has 1 amide bonds. The molecule has 2 bridgehead atoms. The lowest BCUT2D eigenvalue weighted by Crippen LogP contribution is -2.39. The first-order valence-electron chi connectivity index (χ1n) is 6.92. The third-order valence-corrected chi connectivity index (χ3v) is 4.35. The van der Waals surface area contributed by atoms with Crippen molar-refractivity contribution in [1.29, 1.82) is 0 Å². The van der Waals surface area contributed by atoms with Crippen molar-refractivity contribution in [2.45, 2.75) is 26.1 Å². The summed E-state index contributed by atoms with van der Waals surface area (Å²) in [6.45, 7) is 3.89. The van der Waals surface area contributed by atoms with Crippen molar-refractivity contribution in [3.63, 3.8) is 0 Å². The van der Waals surface area contributed by atoms with Crippen LogP contribution in [0.15, 0.2) is 30.4 Å². The van der Waals surface area contributed by atoms with Gasteiger partial charge in [0.1, 0.15) is 5.92 Å². The number of aliphatic carboxylic acids is 1. The molecule has 3 rings (SSSR count). The highest BCUT2D eigenvalue weighted by atomic mass is 16.5. The maximum atomic E-state index is 12.5. The Morgan fingerprint density at radius 2 is 1.81 bits per heavy atom. The molecule has 0 radical (unpaired) electrons. The molecule has 2 heterocycles. The molecule has 1 fully saturated rings.